The number of nitrogens with one attached hydrogen (secondary N) is 1. The van der Waals surface area contributed by atoms with Gasteiger partial charge in [-0.25, -0.2) is 0 Å². The van der Waals surface area contributed by atoms with E-state index in [0.29, 0.717) is 23.3 Å². The fourth-order valence-corrected chi connectivity index (χ4v) is 3.88. The number of anilines is 1. The summed E-state index contributed by atoms with van der Waals surface area (Å²) in [7, 11) is 0. The van der Waals surface area contributed by atoms with Crippen molar-refractivity contribution in [3.8, 4) is 6.07 Å². The van der Waals surface area contributed by atoms with E-state index < -0.39 is 6.10 Å². The molecule has 0 spiro atoms. The number of rotatable bonds is 5. The Balaban J connectivity index is 1.73. The van der Waals surface area contributed by atoms with Crippen LogP contribution in [0, 0.1) is 32.1 Å². The van der Waals surface area contributed by atoms with Crippen molar-refractivity contribution in [2.24, 2.45) is 0 Å². The maximum absolute atomic E-state index is 12.7. The minimum atomic E-state index is -0.714. The second-order valence-corrected chi connectivity index (χ2v) is 7.74. The third-order valence-corrected chi connectivity index (χ3v) is 5.61. The molecule has 0 bridgehead atoms. The van der Waals surface area contributed by atoms with Crippen LogP contribution in [-0.4, -0.2) is 26.7 Å². The summed E-state index contributed by atoms with van der Waals surface area (Å²) in [4.78, 5) is 12.7. The number of aromatic nitrogens is 2. The number of hydrogen-bond acceptors (Lipinski definition) is 4. The van der Waals surface area contributed by atoms with Crippen molar-refractivity contribution in [1.82, 2.24) is 8.97 Å². The highest BCUT2D eigenvalue weighted by Crippen LogP contribution is 2.24. The van der Waals surface area contributed by atoms with Crippen molar-refractivity contribution in [2.75, 3.05) is 11.9 Å². The highest BCUT2D eigenvalue weighted by molar-refractivity contribution is 5.84. The number of pyridine rings is 1. The first-order valence-electron chi connectivity index (χ1n) is 9.93. The first kappa shape index (κ1) is 19.7. The van der Waals surface area contributed by atoms with E-state index in [1.54, 1.807) is 11.3 Å². The molecule has 0 saturated carbocycles. The molecule has 0 saturated heterocycles. The van der Waals surface area contributed by atoms with Gasteiger partial charge in [-0.2, -0.15) is 5.26 Å². The summed E-state index contributed by atoms with van der Waals surface area (Å²) in [6.07, 6.45) is -0.714. The van der Waals surface area contributed by atoms with Crippen molar-refractivity contribution in [1.29, 1.82) is 5.26 Å². The van der Waals surface area contributed by atoms with E-state index in [2.05, 4.69) is 31.3 Å². The zero-order valence-corrected chi connectivity index (χ0v) is 17.3. The number of para-hydroxylation sites is 2. The molecule has 0 fully saturated rings. The number of fused-ring (bicyclic) bond motifs is 3. The second kappa shape index (κ2) is 7.69. The summed E-state index contributed by atoms with van der Waals surface area (Å²) in [6, 6.07) is 17.3. The molecule has 6 nitrogen and oxygen atoms in total. The zero-order valence-electron chi connectivity index (χ0n) is 17.3. The molecule has 4 aromatic rings. The lowest BCUT2D eigenvalue weighted by molar-refractivity contribution is 0.169. The van der Waals surface area contributed by atoms with Gasteiger partial charge < -0.3 is 15.0 Å². The lowest BCUT2D eigenvalue weighted by Gasteiger charge is -2.16. The standard InChI is InChI=1S/C24H24N4O2/c1-15-8-9-18(10-16(15)2)26-13-19(29)14-27-21-6-4-5-7-22(21)28-23(30)11-17(3)20(12-25)24(27)28/h4-11,19,26,29H,13-14H2,1-3H3. The van der Waals surface area contributed by atoms with E-state index in [1.807, 2.05) is 41.0 Å². The fourth-order valence-electron chi connectivity index (χ4n) is 3.88. The molecule has 30 heavy (non-hydrogen) atoms. The molecule has 2 N–H and O–H groups in total. The van der Waals surface area contributed by atoms with Crippen molar-refractivity contribution in [2.45, 2.75) is 33.4 Å². The smallest absolute Gasteiger partial charge is 0.257 e. The second-order valence-electron chi connectivity index (χ2n) is 7.74. The van der Waals surface area contributed by atoms with E-state index in [1.165, 1.54) is 17.2 Å². The summed E-state index contributed by atoms with van der Waals surface area (Å²) in [5.74, 6) is 0. The van der Waals surface area contributed by atoms with E-state index in [9.17, 15) is 15.2 Å². The number of nitriles is 1. The molecule has 6 heteroatoms. The largest absolute Gasteiger partial charge is 0.389 e. The van der Waals surface area contributed by atoms with Crippen LogP contribution in [0.4, 0.5) is 5.69 Å². The zero-order chi connectivity index (χ0) is 21.4. The normalized spacial score (nSPS) is 12.2. The third kappa shape index (κ3) is 3.34. The van der Waals surface area contributed by atoms with Crippen LogP contribution in [0.3, 0.4) is 0 Å². The number of aliphatic hydroxyl groups excluding tert-OH is 1. The molecular formula is C24H24N4O2. The first-order valence-corrected chi connectivity index (χ1v) is 9.93. The Morgan fingerprint density at radius 3 is 2.47 bits per heavy atom. The average Bonchev–Trinajstić information content (AvgIpc) is 3.04. The van der Waals surface area contributed by atoms with Crippen molar-refractivity contribution < 1.29 is 5.11 Å². The van der Waals surface area contributed by atoms with Crippen LogP contribution in [0.15, 0.2) is 53.3 Å². The van der Waals surface area contributed by atoms with Gasteiger partial charge in [0.25, 0.3) is 5.56 Å². The molecule has 152 valence electrons. The maximum Gasteiger partial charge on any atom is 0.257 e. The number of benzene rings is 2. The molecule has 4 rings (SSSR count). The van der Waals surface area contributed by atoms with Crippen LogP contribution < -0.4 is 10.9 Å². The number of hydrogen-bond donors (Lipinski definition) is 2. The lowest BCUT2D eigenvalue weighted by atomic mass is 10.1. The van der Waals surface area contributed by atoms with Gasteiger partial charge in [-0.1, -0.05) is 18.2 Å². The topological polar surface area (TPSA) is 82.5 Å². The predicted molar refractivity (Wildman–Crippen MR) is 119 cm³/mol. The van der Waals surface area contributed by atoms with E-state index in [-0.39, 0.29) is 12.1 Å². The summed E-state index contributed by atoms with van der Waals surface area (Å²) in [5, 5.41) is 23.8. The van der Waals surface area contributed by atoms with Gasteiger partial charge in [0, 0.05) is 18.3 Å². The average molecular weight is 400 g/mol. The minimum absolute atomic E-state index is 0.181. The van der Waals surface area contributed by atoms with Gasteiger partial charge in [0.05, 0.1) is 29.2 Å². The van der Waals surface area contributed by atoms with Gasteiger partial charge in [-0.15, -0.1) is 0 Å². The highest BCUT2D eigenvalue weighted by Gasteiger charge is 2.19. The fraction of sp³-hybridized carbons (Fsp3) is 0.250. The maximum atomic E-state index is 12.7. The monoisotopic (exact) mass is 400 g/mol. The van der Waals surface area contributed by atoms with Crippen molar-refractivity contribution in [3.05, 3.63) is 81.1 Å². The van der Waals surface area contributed by atoms with Crippen LogP contribution in [-0.2, 0) is 6.54 Å². The van der Waals surface area contributed by atoms with Gasteiger partial charge in [-0.3, -0.25) is 9.20 Å². The third-order valence-electron chi connectivity index (χ3n) is 5.61. The van der Waals surface area contributed by atoms with Crippen LogP contribution in [0.1, 0.15) is 22.3 Å². The molecule has 1 atom stereocenters. The van der Waals surface area contributed by atoms with Gasteiger partial charge in [0.15, 0.2) is 0 Å². The molecule has 2 heterocycles. The Bertz CT molecular complexity index is 1360. The van der Waals surface area contributed by atoms with Crippen LogP contribution in [0.25, 0.3) is 16.7 Å². The van der Waals surface area contributed by atoms with Crippen molar-refractivity contribution in [3.63, 3.8) is 0 Å². The molecule has 2 aromatic heterocycles. The Morgan fingerprint density at radius 2 is 1.77 bits per heavy atom. The molecule has 1 unspecified atom stereocenters. The molecule has 0 amide bonds. The predicted octanol–water partition coefficient (Wildman–Crippen LogP) is 3.52. The molecular weight excluding hydrogens is 376 g/mol. The van der Waals surface area contributed by atoms with E-state index in [4.69, 9.17) is 0 Å². The molecule has 2 aromatic carbocycles. The van der Waals surface area contributed by atoms with E-state index >= 15 is 0 Å². The molecule has 0 aliphatic heterocycles. The molecule has 0 aliphatic carbocycles. The van der Waals surface area contributed by atoms with Crippen molar-refractivity contribution >= 4 is 22.4 Å². The minimum Gasteiger partial charge on any atom is -0.389 e. The highest BCUT2D eigenvalue weighted by atomic mass is 16.3. The molecule has 0 radical (unpaired) electrons. The summed E-state index contributed by atoms with van der Waals surface area (Å²) >= 11 is 0. The number of aliphatic hydroxyl groups is 1. The van der Waals surface area contributed by atoms with Gasteiger partial charge in [0.2, 0.25) is 0 Å². The summed E-state index contributed by atoms with van der Waals surface area (Å²) in [5.41, 5.74) is 6.30. The molecule has 0 aliphatic rings. The number of aryl methyl sites for hydroxylation is 3. The van der Waals surface area contributed by atoms with Gasteiger partial charge in [-0.05, 0) is 61.7 Å². The van der Waals surface area contributed by atoms with Crippen LogP contribution in [0.5, 0.6) is 0 Å². The Labute approximate surface area is 174 Å². The number of imidazole rings is 1. The Morgan fingerprint density at radius 1 is 1.03 bits per heavy atom. The Hall–Kier alpha value is -3.56. The summed E-state index contributed by atoms with van der Waals surface area (Å²) in [6.45, 7) is 6.48. The van der Waals surface area contributed by atoms with Crippen LogP contribution in [0.2, 0.25) is 0 Å². The van der Waals surface area contributed by atoms with Gasteiger partial charge >= 0.3 is 0 Å². The lowest BCUT2D eigenvalue weighted by Crippen LogP contribution is -2.25. The quantitative estimate of drug-likeness (QED) is 0.537. The summed E-state index contributed by atoms with van der Waals surface area (Å²) < 4.78 is 3.43. The SMILES string of the molecule is Cc1ccc(NCC(O)Cn2c3ccccc3n3c(=O)cc(C)c(C#N)c23)cc1C. The Kier molecular flexibility index (Phi) is 5.06. The van der Waals surface area contributed by atoms with Crippen LogP contribution >= 0.6 is 0 Å². The van der Waals surface area contributed by atoms with E-state index in [0.717, 1.165) is 16.7 Å². The van der Waals surface area contributed by atoms with Gasteiger partial charge in [0.1, 0.15) is 11.7 Å². The first-order chi connectivity index (χ1) is 14.4. The number of nitrogens with zero attached hydrogens (tertiary/aromatic N) is 3.